The predicted molar refractivity (Wildman–Crippen MR) is 102 cm³/mol. The third-order valence-electron chi connectivity index (χ3n) is 4.30. The number of carbonyl (C=O) groups is 2. The molecule has 2 aromatic heterocycles. The second kappa shape index (κ2) is 8.07. The first-order valence-electron chi connectivity index (χ1n) is 9.00. The van der Waals surface area contributed by atoms with Crippen molar-refractivity contribution in [1.82, 2.24) is 20.2 Å². The molecular weight excluding hydrogens is 344 g/mol. The molecule has 0 aliphatic rings. The molecule has 0 spiro atoms. The Morgan fingerprint density at radius 3 is 2.63 bits per heavy atom. The third-order valence-corrected chi connectivity index (χ3v) is 4.30. The van der Waals surface area contributed by atoms with E-state index in [4.69, 9.17) is 4.42 Å². The molecule has 3 aromatic rings. The van der Waals surface area contributed by atoms with E-state index in [1.165, 1.54) is 0 Å². The molecule has 0 aliphatic carbocycles. The highest BCUT2D eigenvalue weighted by molar-refractivity contribution is 5.82. The summed E-state index contributed by atoms with van der Waals surface area (Å²) in [5, 5.41) is 5.80. The molecule has 2 amide bonds. The summed E-state index contributed by atoms with van der Waals surface area (Å²) in [6.45, 7) is 5.99. The van der Waals surface area contributed by atoms with Gasteiger partial charge in [-0.15, -0.1) is 0 Å². The largest absolute Gasteiger partial charge is 0.467 e. The van der Waals surface area contributed by atoms with Gasteiger partial charge < -0.3 is 19.6 Å². The van der Waals surface area contributed by atoms with Crippen LogP contribution in [-0.4, -0.2) is 21.4 Å². The molecule has 0 saturated heterocycles. The highest BCUT2D eigenvalue weighted by Gasteiger charge is 2.20. The van der Waals surface area contributed by atoms with Crippen molar-refractivity contribution in [3.8, 4) is 0 Å². The lowest BCUT2D eigenvalue weighted by atomic mass is 10.2. The lowest BCUT2D eigenvalue weighted by Gasteiger charge is -2.17. The van der Waals surface area contributed by atoms with Gasteiger partial charge in [0.1, 0.15) is 18.1 Å². The zero-order valence-electron chi connectivity index (χ0n) is 15.7. The van der Waals surface area contributed by atoms with Gasteiger partial charge in [0.2, 0.25) is 11.8 Å². The average molecular weight is 368 g/mol. The summed E-state index contributed by atoms with van der Waals surface area (Å²) < 4.78 is 7.08. The van der Waals surface area contributed by atoms with Crippen LogP contribution in [0.3, 0.4) is 0 Å². The molecule has 2 N–H and O–H groups in total. The molecular formula is C20H24N4O3. The summed E-state index contributed by atoms with van der Waals surface area (Å²) in [5.41, 5.74) is 1.64. The van der Waals surface area contributed by atoms with Crippen molar-refractivity contribution in [1.29, 1.82) is 0 Å². The Kier molecular flexibility index (Phi) is 5.59. The van der Waals surface area contributed by atoms with Crippen LogP contribution in [0, 0.1) is 5.92 Å². The van der Waals surface area contributed by atoms with E-state index >= 15 is 0 Å². The van der Waals surface area contributed by atoms with Crippen LogP contribution in [0.1, 0.15) is 38.4 Å². The summed E-state index contributed by atoms with van der Waals surface area (Å²) in [4.78, 5) is 29.2. The lowest BCUT2D eigenvalue weighted by Crippen LogP contribution is -2.33. The minimum atomic E-state index is -0.315. The van der Waals surface area contributed by atoms with Crippen LogP contribution in [0.4, 0.5) is 0 Å². The van der Waals surface area contributed by atoms with Gasteiger partial charge in [0.25, 0.3) is 0 Å². The van der Waals surface area contributed by atoms with Gasteiger partial charge in [-0.1, -0.05) is 26.0 Å². The van der Waals surface area contributed by atoms with Crippen LogP contribution in [-0.2, 0) is 22.7 Å². The maximum atomic E-state index is 12.5. The molecule has 7 nitrogen and oxygen atoms in total. The van der Waals surface area contributed by atoms with Gasteiger partial charge in [-0.2, -0.15) is 0 Å². The maximum Gasteiger partial charge on any atom is 0.240 e. The molecule has 0 radical (unpaired) electrons. The van der Waals surface area contributed by atoms with Crippen molar-refractivity contribution in [3.05, 3.63) is 54.2 Å². The van der Waals surface area contributed by atoms with Gasteiger partial charge >= 0.3 is 0 Å². The number of benzene rings is 1. The van der Waals surface area contributed by atoms with Crippen LogP contribution in [0.2, 0.25) is 0 Å². The van der Waals surface area contributed by atoms with E-state index in [0.717, 1.165) is 11.0 Å². The van der Waals surface area contributed by atoms with Crippen LogP contribution in [0.25, 0.3) is 11.0 Å². The Balaban J connectivity index is 1.81. The van der Waals surface area contributed by atoms with Crippen molar-refractivity contribution >= 4 is 22.8 Å². The SMILES string of the molecule is CC(C)C(=O)NC(C)c1nc2ccccc2n1CC(=O)NCc1ccco1. The standard InChI is InChI=1S/C20H24N4O3/c1-13(2)20(26)22-14(3)19-23-16-8-4-5-9-17(16)24(19)12-18(25)21-11-15-7-6-10-27-15/h4-10,13-14H,11-12H2,1-3H3,(H,21,25)(H,22,26). The number of fused-ring (bicyclic) bond motifs is 1. The van der Waals surface area contributed by atoms with Gasteiger partial charge in [-0.25, -0.2) is 4.98 Å². The Morgan fingerprint density at radius 2 is 1.93 bits per heavy atom. The van der Waals surface area contributed by atoms with Crippen molar-refractivity contribution in [2.45, 2.75) is 39.9 Å². The van der Waals surface area contributed by atoms with Crippen molar-refractivity contribution in [2.75, 3.05) is 0 Å². The molecule has 0 bridgehead atoms. The third kappa shape index (κ3) is 4.36. The number of nitrogens with one attached hydrogen (secondary N) is 2. The average Bonchev–Trinajstić information content (AvgIpc) is 3.28. The first-order chi connectivity index (χ1) is 13.0. The highest BCUT2D eigenvalue weighted by atomic mass is 16.3. The molecule has 0 saturated carbocycles. The highest BCUT2D eigenvalue weighted by Crippen LogP contribution is 2.21. The molecule has 27 heavy (non-hydrogen) atoms. The molecule has 1 unspecified atom stereocenters. The summed E-state index contributed by atoms with van der Waals surface area (Å²) in [7, 11) is 0. The van der Waals surface area contributed by atoms with E-state index in [2.05, 4.69) is 15.6 Å². The van der Waals surface area contributed by atoms with Crippen LogP contribution >= 0.6 is 0 Å². The Bertz CT molecular complexity index is 928. The minimum Gasteiger partial charge on any atom is -0.467 e. The first-order valence-corrected chi connectivity index (χ1v) is 9.00. The molecule has 1 atom stereocenters. The number of furan rings is 1. The summed E-state index contributed by atoms with van der Waals surface area (Å²) in [6.07, 6.45) is 1.57. The van der Waals surface area contributed by atoms with E-state index in [0.29, 0.717) is 18.1 Å². The van der Waals surface area contributed by atoms with Gasteiger partial charge in [-0.3, -0.25) is 9.59 Å². The normalized spacial score (nSPS) is 12.3. The lowest BCUT2D eigenvalue weighted by molar-refractivity contribution is -0.124. The molecule has 0 aliphatic heterocycles. The number of rotatable bonds is 7. The van der Waals surface area contributed by atoms with Gasteiger partial charge in [0.05, 0.1) is 29.9 Å². The maximum absolute atomic E-state index is 12.5. The number of nitrogens with zero attached hydrogens (tertiary/aromatic N) is 2. The van der Waals surface area contributed by atoms with E-state index in [1.807, 2.05) is 55.7 Å². The molecule has 1 aromatic carbocycles. The smallest absolute Gasteiger partial charge is 0.240 e. The molecule has 2 heterocycles. The predicted octanol–water partition coefficient (Wildman–Crippen LogP) is 2.78. The number of hydrogen-bond acceptors (Lipinski definition) is 4. The Labute approximate surface area is 157 Å². The number of carbonyl (C=O) groups excluding carboxylic acids is 2. The topological polar surface area (TPSA) is 89.2 Å². The fourth-order valence-corrected chi connectivity index (χ4v) is 2.83. The Hall–Kier alpha value is -3.09. The first kappa shape index (κ1) is 18.7. The fourth-order valence-electron chi connectivity index (χ4n) is 2.83. The van der Waals surface area contributed by atoms with E-state index < -0.39 is 0 Å². The van der Waals surface area contributed by atoms with E-state index in [-0.39, 0.29) is 30.3 Å². The zero-order valence-corrected chi connectivity index (χ0v) is 15.7. The molecule has 7 heteroatoms. The molecule has 142 valence electrons. The summed E-state index contributed by atoms with van der Waals surface area (Å²) in [5.74, 6) is 1.01. The number of imidazole rings is 1. The fraction of sp³-hybridized carbons (Fsp3) is 0.350. The number of hydrogen-bond donors (Lipinski definition) is 2. The van der Waals surface area contributed by atoms with Crippen LogP contribution in [0.5, 0.6) is 0 Å². The Morgan fingerprint density at radius 1 is 1.15 bits per heavy atom. The van der Waals surface area contributed by atoms with Gasteiger partial charge in [0.15, 0.2) is 0 Å². The second-order valence-corrected chi connectivity index (χ2v) is 6.79. The monoisotopic (exact) mass is 368 g/mol. The summed E-state index contributed by atoms with van der Waals surface area (Å²) in [6, 6.07) is 10.9. The number of amides is 2. The number of para-hydroxylation sites is 2. The zero-order chi connectivity index (χ0) is 19.4. The summed E-state index contributed by atoms with van der Waals surface area (Å²) >= 11 is 0. The van der Waals surface area contributed by atoms with Crippen molar-refractivity contribution < 1.29 is 14.0 Å². The van der Waals surface area contributed by atoms with Crippen molar-refractivity contribution in [3.63, 3.8) is 0 Å². The van der Waals surface area contributed by atoms with E-state index in [9.17, 15) is 9.59 Å². The van der Waals surface area contributed by atoms with Gasteiger partial charge in [-0.05, 0) is 31.2 Å². The quantitative estimate of drug-likeness (QED) is 0.671. The van der Waals surface area contributed by atoms with E-state index in [1.54, 1.807) is 12.3 Å². The van der Waals surface area contributed by atoms with Crippen LogP contribution < -0.4 is 10.6 Å². The second-order valence-electron chi connectivity index (χ2n) is 6.79. The molecule has 3 rings (SSSR count). The van der Waals surface area contributed by atoms with Crippen molar-refractivity contribution in [2.24, 2.45) is 5.92 Å². The van der Waals surface area contributed by atoms with Gasteiger partial charge in [0, 0.05) is 5.92 Å². The number of aromatic nitrogens is 2. The molecule has 0 fully saturated rings. The van der Waals surface area contributed by atoms with Crippen LogP contribution in [0.15, 0.2) is 47.1 Å². The minimum absolute atomic E-state index is 0.0524.